The molecule has 0 aliphatic rings. The second-order valence-corrected chi connectivity index (χ2v) is 9.41. The number of nitrogen functional groups attached to an aromatic ring is 1. The van der Waals surface area contributed by atoms with Crippen LogP contribution in [0.2, 0.25) is 0 Å². The second-order valence-electron chi connectivity index (χ2n) is 8.45. The van der Waals surface area contributed by atoms with Crippen molar-refractivity contribution < 1.29 is 19.4 Å². The number of aliphatic hydroxyl groups excluding tert-OH is 2. The average molecular weight is 528 g/mol. The van der Waals surface area contributed by atoms with Crippen molar-refractivity contribution in [3.63, 3.8) is 0 Å². The van der Waals surface area contributed by atoms with Crippen LogP contribution in [0.4, 0.5) is 5.82 Å². The summed E-state index contributed by atoms with van der Waals surface area (Å²) < 4.78 is 11.4. The van der Waals surface area contributed by atoms with Crippen LogP contribution in [-0.4, -0.2) is 39.5 Å². The van der Waals surface area contributed by atoms with E-state index < -0.39 is 12.7 Å². The number of hydrogen-bond acceptors (Lipinski definition) is 10. The van der Waals surface area contributed by atoms with Gasteiger partial charge in [-0.15, -0.1) is 0 Å². The van der Waals surface area contributed by atoms with E-state index in [1.807, 2.05) is 38.1 Å². The Balaban J connectivity index is 1.64. The highest BCUT2D eigenvalue weighted by atomic mass is 32.2. The number of anilines is 1. The Kier molecular flexibility index (Phi) is 8.29. The first-order chi connectivity index (χ1) is 18.4. The van der Waals surface area contributed by atoms with E-state index in [-0.39, 0.29) is 23.6 Å². The predicted octanol–water partition coefficient (Wildman–Crippen LogP) is 4.37. The molecule has 1 atom stereocenters. The average Bonchev–Trinajstić information content (AvgIpc) is 3.30. The summed E-state index contributed by atoms with van der Waals surface area (Å²) in [4.78, 5) is 9.03. The molecule has 9 nitrogen and oxygen atoms in total. The highest BCUT2D eigenvalue weighted by Crippen LogP contribution is 2.37. The van der Waals surface area contributed by atoms with Gasteiger partial charge in [-0.25, -0.2) is 9.97 Å². The van der Waals surface area contributed by atoms with Crippen LogP contribution in [0, 0.1) is 36.5 Å². The quantitative estimate of drug-likeness (QED) is 0.266. The molecule has 2 aromatic carbocycles. The molecule has 0 saturated heterocycles. The maximum absolute atomic E-state index is 10.1. The Morgan fingerprint density at radius 1 is 1.05 bits per heavy atom. The molecule has 0 amide bonds. The van der Waals surface area contributed by atoms with Crippen LogP contribution in [-0.2, 0) is 5.75 Å². The molecule has 10 heteroatoms. The van der Waals surface area contributed by atoms with Gasteiger partial charge in [0.2, 0.25) is 5.89 Å². The van der Waals surface area contributed by atoms with E-state index in [1.54, 1.807) is 24.3 Å². The molecule has 0 saturated carbocycles. The maximum atomic E-state index is 10.1. The molecule has 0 aliphatic carbocycles. The molecule has 0 aliphatic heterocycles. The third kappa shape index (κ3) is 5.63. The zero-order chi connectivity index (χ0) is 27.2. The minimum atomic E-state index is -0.995. The molecule has 0 spiro atoms. The molecular formula is C28H25N5O4S. The number of benzene rings is 2. The number of aliphatic hydroxyl groups is 2. The molecule has 0 radical (unpaired) electrons. The van der Waals surface area contributed by atoms with Gasteiger partial charge in [0.05, 0.1) is 17.9 Å². The summed E-state index contributed by atoms with van der Waals surface area (Å²) in [6.45, 7) is 3.35. The van der Waals surface area contributed by atoms with Crippen molar-refractivity contribution in [2.45, 2.75) is 30.7 Å². The molecule has 4 N–H and O–H groups in total. The molecule has 0 unspecified atom stereocenters. The number of nitriles is 2. The smallest absolute Gasteiger partial charge is 0.226 e. The van der Waals surface area contributed by atoms with Gasteiger partial charge in [-0.1, -0.05) is 42.1 Å². The summed E-state index contributed by atoms with van der Waals surface area (Å²) in [6, 6.07) is 18.8. The Morgan fingerprint density at radius 2 is 1.76 bits per heavy atom. The van der Waals surface area contributed by atoms with Gasteiger partial charge in [0.25, 0.3) is 0 Å². The van der Waals surface area contributed by atoms with Gasteiger partial charge < -0.3 is 25.1 Å². The zero-order valence-electron chi connectivity index (χ0n) is 20.8. The lowest BCUT2D eigenvalue weighted by molar-refractivity contribution is 0.0536. The predicted molar refractivity (Wildman–Crippen MR) is 143 cm³/mol. The van der Waals surface area contributed by atoms with E-state index in [4.69, 9.17) is 20.0 Å². The Hall–Kier alpha value is -4.35. The number of oxazole rings is 1. The Labute approximate surface area is 224 Å². The number of aromatic nitrogens is 2. The summed E-state index contributed by atoms with van der Waals surface area (Å²) in [7, 11) is 0. The number of aryl methyl sites for hydroxylation is 2. The van der Waals surface area contributed by atoms with Gasteiger partial charge in [-0.2, -0.15) is 10.5 Å². The van der Waals surface area contributed by atoms with Crippen LogP contribution in [0.3, 0.4) is 0 Å². The van der Waals surface area contributed by atoms with Gasteiger partial charge in [0.1, 0.15) is 52.8 Å². The summed E-state index contributed by atoms with van der Waals surface area (Å²) in [6.07, 6.45) is -0.995. The molecule has 192 valence electrons. The Morgan fingerprint density at radius 3 is 2.42 bits per heavy atom. The van der Waals surface area contributed by atoms with Gasteiger partial charge in [-0.3, -0.25) is 0 Å². The van der Waals surface area contributed by atoms with Crippen LogP contribution in [0.25, 0.3) is 22.6 Å². The second kappa shape index (κ2) is 11.8. The molecule has 4 aromatic rings. The number of ether oxygens (including phenoxy) is 1. The van der Waals surface area contributed by atoms with Crippen LogP contribution in [0.5, 0.6) is 5.75 Å². The number of thioether (sulfide) groups is 1. The van der Waals surface area contributed by atoms with E-state index in [9.17, 15) is 15.6 Å². The molecule has 4 rings (SSSR count). The van der Waals surface area contributed by atoms with Crippen molar-refractivity contribution in [2.24, 2.45) is 0 Å². The number of hydrogen-bond donors (Lipinski definition) is 3. The lowest BCUT2D eigenvalue weighted by atomic mass is 9.97. The van der Waals surface area contributed by atoms with Crippen molar-refractivity contribution in [3.05, 3.63) is 76.7 Å². The van der Waals surface area contributed by atoms with E-state index in [0.29, 0.717) is 39.3 Å². The fourth-order valence-electron chi connectivity index (χ4n) is 3.78. The summed E-state index contributed by atoms with van der Waals surface area (Å²) in [5.41, 5.74) is 10.1. The first kappa shape index (κ1) is 26.7. The summed E-state index contributed by atoms with van der Waals surface area (Å²) in [5, 5.41) is 38.7. The van der Waals surface area contributed by atoms with Gasteiger partial charge in [-0.05, 0) is 43.2 Å². The van der Waals surface area contributed by atoms with Gasteiger partial charge in [0.15, 0.2) is 0 Å². The largest absolute Gasteiger partial charge is 0.491 e. The minimum absolute atomic E-state index is 0.0212. The van der Waals surface area contributed by atoms with Crippen LogP contribution in [0.1, 0.15) is 28.1 Å². The SMILES string of the molecule is Cc1ccccc1-c1nc(CSc2nc(N)c(C#N)c(-c3ccc(OC[C@@H](O)CO)cc3)c2C#N)c(C)o1. The summed E-state index contributed by atoms with van der Waals surface area (Å²) >= 11 is 1.29. The Bertz CT molecular complexity index is 1540. The molecule has 0 bridgehead atoms. The lowest BCUT2D eigenvalue weighted by Crippen LogP contribution is -2.21. The standard InChI is InChI=1S/C28H25N5O4S/c1-16-5-3-4-6-21(16)27-32-24(17(2)37-27)15-38-28-23(12-30)25(22(11-29)26(31)33-28)18-7-9-20(10-8-18)36-14-19(35)13-34/h3-10,19,34-35H,13-15H2,1-2H3,(H2,31,33)/t19-/m0/s1. The number of nitrogens with zero attached hydrogens (tertiary/aromatic N) is 4. The maximum Gasteiger partial charge on any atom is 0.226 e. The highest BCUT2D eigenvalue weighted by Gasteiger charge is 2.22. The van der Waals surface area contributed by atoms with E-state index >= 15 is 0 Å². The molecule has 0 fully saturated rings. The van der Waals surface area contributed by atoms with Crippen molar-refractivity contribution in [2.75, 3.05) is 18.9 Å². The first-order valence-electron chi connectivity index (χ1n) is 11.7. The molecule has 38 heavy (non-hydrogen) atoms. The van der Waals surface area contributed by atoms with E-state index in [1.165, 1.54) is 11.8 Å². The zero-order valence-corrected chi connectivity index (χ0v) is 21.6. The minimum Gasteiger partial charge on any atom is -0.491 e. The van der Waals surface area contributed by atoms with Gasteiger partial charge in [0, 0.05) is 16.9 Å². The van der Waals surface area contributed by atoms with Crippen LogP contribution < -0.4 is 10.5 Å². The number of rotatable bonds is 9. The lowest BCUT2D eigenvalue weighted by Gasteiger charge is -2.14. The van der Waals surface area contributed by atoms with Crippen molar-refractivity contribution >= 4 is 17.6 Å². The fourth-order valence-corrected chi connectivity index (χ4v) is 4.78. The monoisotopic (exact) mass is 527 g/mol. The fraction of sp³-hybridized carbons (Fsp3) is 0.214. The van der Waals surface area contributed by atoms with E-state index in [2.05, 4.69) is 22.1 Å². The molecular weight excluding hydrogens is 502 g/mol. The highest BCUT2D eigenvalue weighted by molar-refractivity contribution is 7.98. The molecule has 2 heterocycles. The van der Waals surface area contributed by atoms with Crippen LogP contribution in [0.15, 0.2) is 58.0 Å². The normalized spacial score (nSPS) is 11.5. The molecule has 2 aromatic heterocycles. The number of pyridine rings is 1. The van der Waals surface area contributed by atoms with Crippen molar-refractivity contribution in [3.8, 4) is 40.5 Å². The topological polar surface area (TPSA) is 162 Å². The van der Waals surface area contributed by atoms with Crippen molar-refractivity contribution in [1.82, 2.24) is 9.97 Å². The van der Waals surface area contributed by atoms with Crippen molar-refractivity contribution in [1.29, 1.82) is 10.5 Å². The third-order valence-corrected chi connectivity index (χ3v) is 6.81. The van der Waals surface area contributed by atoms with Crippen LogP contribution >= 0.6 is 11.8 Å². The van der Waals surface area contributed by atoms with E-state index in [0.717, 1.165) is 16.8 Å². The number of nitrogens with two attached hydrogens (primary N) is 1. The first-order valence-corrected chi connectivity index (χ1v) is 12.7. The van der Waals surface area contributed by atoms with Gasteiger partial charge >= 0.3 is 0 Å². The summed E-state index contributed by atoms with van der Waals surface area (Å²) in [5.74, 6) is 2.05. The third-order valence-electron chi connectivity index (χ3n) is 5.83.